The van der Waals surface area contributed by atoms with Gasteiger partial charge in [-0.3, -0.25) is 14.8 Å². The van der Waals surface area contributed by atoms with Crippen LogP contribution in [0, 0.1) is 0 Å². The second kappa shape index (κ2) is 8.12. The molecule has 0 aromatic carbocycles. The van der Waals surface area contributed by atoms with Crippen LogP contribution in [0.2, 0.25) is 0 Å². The second-order valence-electron chi connectivity index (χ2n) is 5.34. The smallest absolute Gasteiger partial charge is 0.354 e. The zero-order chi connectivity index (χ0) is 18.6. The van der Waals surface area contributed by atoms with E-state index in [4.69, 9.17) is 9.84 Å². The van der Waals surface area contributed by atoms with Gasteiger partial charge in [0.15, 0.2) is 6.23 Å². The first-order valence-electron chi connectivity index (χ1n) is 7.72. The Labute approximate surface area is 143 Å². The van der Waals surface area contributed by atoms with E-state index in [2.05, 4.69) is 5.43 Å². The van der Waals surface area contributed by atoms with E-state index < -0.39 is 42.4 Å². The molecule has 1 saturated heterocycles. The first-order valence-corrected chi connectivity index (χ1v) is 7.72. The molecule has 4 N–H and O–H groups in total. The van der Waals surface area contributed by atoms with Crippen molar-refractivity contribution in [1.29, 1.82) is 0 Å². The number of aliphatic hydroxyl groups excluding tert-OH is 3. The van der Waals surface area contributed by atoms with Crippen molar-refractivity contribution >= 4 is 0 Å². The summed E-state index contributed by atoms with van der Waals surface area (Å²) in [5.74, 6) is 0. The lowest BCUT2D eigenvalue weighted by Gasteiger charge is -2.24. The summed E-state index contributed by atoms with van der Waals surface area (Å²) in [6.45, 7) is 2.95. The van der Waals surface area contributed by atoms with Crippen LogP contribution >= 0.6 is 0 Å². The number of rotatable bonds is 6. The van der Waals surface area contributed by atoms with Crippen LogP contribution in [0.3, 0.4) is 0 Å². The summed E-state index contributed by atoms with van der Waals surface area (Å²) in [6, 6.07) is 1.13. The lowest BCUT2D eigenvalue weighted by Crippen LogP contribution is -2.55. The monoisotopic (exact) mass is 354 g/mol. The third-order valence-corrected chi connectivity index (χ3v) is 3.66. The summed E-state index contributed by atoms with van der Waals surface area (Å²) in [5.41, 5.74) is 1.35. The number of allylic oxidation sites excluding steroid dienone is 2. The van der Waals surface area contributed by atoms with Crippen LogP contribution in [-0.4, -0.2) is 49.5 Å². The summed E-state index contributed by atoms with van der Waals surface area (Å²) < 4.78 is 7.13. The van der Waals surface area contributed by atoms with Gasteiger partial charge in [0.25, 0.3) is 5.56 Å². The Morgan fingerprint density at radius 2 is 2.00 bits per heavy atom. The molecule has 25 heavy (non-hydrogen) atoms. The van der Waals surface area contributed by atoms with Gasteiger partial charge in [-0.1, -0.05) is 12.2 Å². The van der Waals surface area contributed by atoms with Gasteiger partial charge in [0.05, 0.1) is 6.61 Å². The summed E-state index contributed by atoms with van der Waals surface area (Å²) in [5, 5.41) is 30.3. The van der Waals surface area contributed by atoms with E-state index >= 15 is 0 Å². The number of ether oxygens (including phenoxy) is 1. The Kier molecular flexibility index (Phi) is 6.15. The first-order chi connectivity index (χ1) is 12.0. The molecule has 10 nitrogen and oxygen atoms in total. The van der Waals surface area contributed by atoms with Gasteiger partial charge in [-0.2, -0.15) is 5.12 Å². The summed E-state index contributed by atoms with van der Waals surface area (Å²) >= 11 is 0. The number of aliphatic hydroxyl groups is 3. The van der Waals surface area contributed by atoms with Crippen LogP contribution in [0.4, 0.5) is 0 Å². The van der Waals surface area contributed by atoms with Gasteiger partial charge in [0.2, 0.25) is 0 Å². The minimum absolute atomic E-state index is 0.517. The predicted molar refractivity (Wildman–Crippen MR) is 89.0 cm³/mol. The van der Waals surface area contributed by atoms with E-state index in [1.807, 2.05) is 0 Å². The van der Waals surface area contributed by atoms with Crippen molar-refractivity contribution in [3.8, 4) is 0 Å². The Morgan fingerprint density at radius 3 is 2.56 bits per heavy atom. The van der Waals surface area contributed by atoms with Crippen molar-refractivity contribution in [1.82, 2.24) is 14.7 Å². The number of nitrogens with one attached hydrogen (secondary N) is 1. The van der Waals surface area contributed by atoms with Crippen molar-refractivity contribution in [2.75, 3.05) is 11.7 Å². The number of hydrazine groups is 1. The largest absolute Gasteiger partial charge is 0.394 e. The van der Waals surface area contributed by atoms with Gasteiger partial charge < -0.3 is 20.1 Å². The number of aromatic nitrogens is 2. The molecule has 0 unspecified atom stereocenters. The molecule has 1 aromatic rings. The van der Waals surface area contributed by atoms with Gasteiger partial charge in [-0.25, -0.2) is 4.79 Å². The minimum Gasteiger partial charge on any atom is -0.394 e. The van der Waals surface area contributed by atoms with Crippen molar-refractivity contribution in [3.63, 3.8) is 0 Å². The van der Waals surface area contributed by atoms with Gasteiger partial charge in [0, 0.05) is 24.7 Å². The van der Waals surface area contributed by atoms with Gasteiger partial charge in [-0.15, -0.1) is 4.68 Å². The van der Waals surface area contributed by atoms with Crippen LogP contribution < -0.4 is 21.8 Å². The van der Waals surface area contributed by atoms with Crippen molar-refractivity contribution in [2.45, 2.75) is 38.4 Å². The molecule has 4 atom stereocenters. The van der Waals surface area contributed by atoms with E-state index in [1.54, 1.807) is 26.0 Å². The Morgan fingerprint density at radius 1 is 1.28 bits per heavy atom. The van der Waals surface area contributed by atoms with E-state index in [0.29, 0.717) is 0 Å². The maximum absolute atomic E-state index is 12.8. The number of hydrogen-bond acceptors (Lipinski definition) is 8. The van der Waals surface area contributed by atoms with Crippen LogP contribution in [0.5, 0.6) is 0 Å². The highest BCUT2D eigenvalue weighted by molar-refractivity contribution is 5.03. The quantitative estimate of drug-likeness (QED) is 0.438. The zero-order valence-electron chi connectivity index (χ0n) is 13.9. The van der Waals surface area contributed by atoms with E-state index in [9.17, 15) is 19.8 Å². The molecule has 0 bridgehead atoms. The third-order valence-electron chi connectivity index (χ3n) is 3.66. The second-order valence-corrected chi connectivity index (χ2v) is 5.34. The topological polar surface area (TPSA) is 129 Å². The summed E-state index contributed by atoms with van der Waals surface area (Å²) in [4.78, 5) is 24.9. The molecular weight excluding hydrogens is 332 g/mol. The molecule has 1 aromatic heterocycles. The average molecular weight is 354 g/mol. The lowest BCUT2D eigenvalue weighted by atomic mass is 10.1. The van der Waals surface area contributed by atoms with Crippen molar-refractivity contribution in [2.24, 2.45) is 0 Å². The van der Waals surface area contributed by atoms with Gasteiger partial charge >= 0.3 is 5.69 Å². The van der Waals surface area contributed by atoms with Gasteiger partial charge in [-0.05, 0) is 13.8 Å². The van der Waals surface area contributed by atoms with Gasteiger partial charge in [0.1, 0.15) is 18.3 Å². The van der Waals surface area contributed by atoms with Crippen LogP contribution in [0.15, 0.2) is 46.4 Å². The zero-order valence-corrected chi connectivity index (χ0v) is 13.9. The molecule has 0 aliphatic carbocycles. The average Bonchev–Trinajstić information content (AvgIpc) is 2.88. The highest BCUT2D eigenvalue weighted by Crippen LogP contribution is 2.27. The molecule has 2 rings (SSSR count). The molecule has 0 spiro atoms. The first kappa shape index (κ1) is 18.9. The molecule has 0 radical (unpaired) electrons. The summed E-state index contributed by atoms with van der Waals surface area (Å²) in [7, 11) is 0. The highest BCUT2D eigenvalue weighted by Gasteiger charge is 2.44. The molecule has 1 aliphatic rings. The number of hydrogen-bond donors (Lipinski definition) is 4. The highest BCUT2D eigenvalue weighted by atomic mass is 16.6. The maximum atomic E-state index is 12.8. The van der Waals surface area contributed by atoms with Crippen molar-refractivity contribution in [3.05, 3.63) is 57.7 Å². The van der Waals surface area contributed by atoms with Crippen molar-refractivity contribution < 1.29 is 20.1 Å². The van der Waals surface area contributed by atoms with E-state index in [-0.39, 0.29) is 0 Å². The third kappa shape index (κ3) is 3.66. The minimum atomic E-state index is -1.43. The fourth-order valence-electron chi connectivity index (χ4n) is 2.44. The fourth-order valence-corrected chi connectivity index (χ4v) is 2.44. The molecule has 10 heteroatoms. The molecule has 1 aliphatic heterocycles. The predicted octanol–water partition coefficient (Wildman–Crippen LogP) is -1.87. The Bertz CT molecular complexity index is 755. The molecule has 0 amide bonds. The molecule has 0 saturated carbocycles. The SMILES string of the molecule is CC=CNN(/C=C/C)n1c(=O)ccn([C@@H]2O[C@H](CO)[C@@H](O)[C@H]2O)c1=O. The van der Waals surface area contributed by atoms with Crippen LogP contribution in [0.25, 0.3) is 0 Å². The summed E-state index contributed by atoms with van der Waals surface area (Å²) in [6.07, 6.45) is 2.40. The van der Waals surface area contributed by atoms with E-state index in [0.717, 1.165) is 15.3 Å². The standard InChI is InChI=1S/C15H22N4O6/c1-3-6-16-18(7-4-2)19-11(21)5-8-17(15(19)24)14-13(23)12(22)10(9-20)25-14/h3-8,10,12-14,16,20,22-23H,9H2,1-2H3/b6-3?,7-4+/t10-,12-,13-,14-/m1/s1. The lowest BCUT2D eigenvalue weighted by molar-refractivity contribution is -0.0556. The molecular formula is C15H22N4O6. The number of nitrogens with zero attached hydrogens (tertiary/aromatic N) is 3. The van der Waals surface area contributed by atoms with Crippen LogP contribution in [-0.2, 0) is 4.74 Å². The normalized spacial score (nSPS) is 26.6. The Hall–Kier alpha value is -2.40. The Balaban J connectivity index is 2.50. The van der Waals surface area contributed by atoms with Crippen LogP contribution in [0.1, 0.15) is 20.1 Å². The van der Waals surface area contributed by atoms with E-state index in [1.165, 1.54) is 23.7 Å². The molecule has 138 valence electrons. The molecule has 2 heterocycles. The maximum Gasteiger partial charge on any atom is 0.354 e. The fraction of sp³-hybridized carbons (Fsp3) is 0.467. The molecule has 1 fully saturated rings.